The number of nitrogens with one attached hydrogen (secondary N) is 1. The van der Waals surface area contributed by atoms with E-state index in [9.17, 15) is 5.11 Å². The highest BCUT2D eigenvalue weighted by Crippen LogP contribution is 2.38. The fourth-order valence-corrected chi connectivity index (χ4v) is 4.16. The highest BCUT2D eigenvalue weighted by molar-refractivity contribution is 7.11. The first-order valence-electron chi connectivity index (χ1n) is 7.66. The smallest absolute Gasteiger partial charge is 0.0959 e. The predicted molar refractivity (Wildman–Crippen MR) is 78.4 cm³/mol. The van der Waals surface area contributed by atoms with Gasteiger partial charge >= 0.3 is 0 Å². The lowest BCUT2D eigenvalue weighted by molar-refractivity contribution is 0.109. The molecule has 19 heavy (non-hydrogen) atoms. The Morgan fingerprint density at radius 3 is 2.74 bits per heavy atom. The van der Waals surface area contributed by atoms with Crippen molar-refractivity contribution in [2.75, 3.05) is 6.54 Å². The molecule has 0 aliphatic heterocycles. The third kappa shape index (κ3) is 3.36. The molecule has 0 radical (unpaired) electrons. The van der Waals surface area contributed by atoms with Gasteiger partial charge in [0.15, 0.2) is 0 Å². The maximum absolute atomic E-state index is 10.1. The summed E-state index contributed by atoms with van der Waals surface area (Å²) < 4.78 is 0. The monoisotopic (exact) mass is 280 g/mol. The summed E-state index contributed by atoms with van der Waals surface area (Å²) in [6.45, 7) is 1.58. The molecule has 2 saturated carbocycles. The van der Waals surface area contributed by atoms with Crippen molar-refractivity contribution in [3.05, 3.63) is 16.1 Å². The van der Waals surface area contributed by atoms with Gasteiger partial charge in [-0.25, -0.2) is 4.98 Å². The zero-order chi connectivity index (χ0) is 13.1. The van der Waals surface area contributed by atoms with Crippen LogP contribution in [0, 0.1) is 5.92 Å². The third-order valence-electron chi connectivity index (χ3n) is 4.62. The van der Waals surface area contributed by atoms with E-state index >= 15 is 0 Å². The van der Waals surface area contributed by atoms with Crippen LogP contribution in [-0.4, -0.2) is 22.7 Å². The molecule has 1 aromatic rings. The van der Waals surface area contributed by atoms with Gasteiger partial charge in [0.2, 0.25) is 0 Å². The molecule has 1 unspecified atom stereocenters. The fourth-order valence-electron chi connectivity index (χ4n) is 3.10. The highest BCUT2D eigenvalue weighted by Gasteiger charge is 2.23. The van der Waals surface area contributed by atoms with Gasteiger partial charge < -0.3 is 10.4 Å². The van der Waals surface area contributed by atoms with Crippen LogP contribution >= 0.6 is 11.3 Å². The number of aliphatic hydroxyl groups is 1. The molecule has 1 atom stereocenters. The molecule has 2 fully saturated rings. The van der Waals surface area contributed by atoms with Crippen LogP contribution in [0.25, 0.3) is 0 Å². The van der Waals surface area contributed by atoms with Gasteiger partial charge in [0.1, 0.15) is 0 Å². The number of hydrogen-bond acceptors (Lipinski definition) is 4. The standard InChI is InChI=1S/C15H24N2OS/c18-14(11-4-1-2-5-11)10-16-8-13-9-17-15(19-13)12-6-3-7-12/h9,11-12,14,16,18H,1-8,10H2. The lowest BCUT2D eigenvalue weighted by Gasteiger charge is -2.22. The van der Waals surface area contributed by atoms with Crippen molar-refractivity contribution < 1.29 is 5.11 Å². The van der Waals surface area contributed by atoms with Crippen molar-refractivity contribution in [3.63, 3.8) is 0 Å². The molecule has 0 bridgehead atoms. The summed E-state index contributed by atoms with van der Waals surface area (Å²) in [6, 6.07) is 0. The minimum Gasteiger partial charge on any atom is -0.392 e. The van der Waals surface area contributed by atoms with E-state index in [4.69, 9.17) is 0 Å². The molecule has 3 nitrogen and oxygen atoms in total. The molecule has 2 N–H and O–H groups in total. The van der Waals surface area contributed by atoms with Gasteiger partial charge in [0, 0.05) is 30.1 Å². The lowest BCUT2D eigenvalue weighted by atomic mass is 9.86. The Morgan fingerprint density at radius 2 is 2.05 bits per heavy atom. The second kappa shape index (κ2) is 6.33. The van der Waals surface area contributed by atoms with Crippen LogP contribution < -0.4 is 5.32 Å². The van der Waals surface area contributed by atoms with Crippen molar-refractivity contribution in [3.8, 4) is 0 Å². The van der Waals surface area contributed by atoms with Crippen LogP contribution in [0.15, 0.2) is 6.20 Å². The Kier molecular flexibility index (Phi) is 4.51. The molecule has 3 rings (SSSR count). The Labute approximate surface area is 119 Å². The zero-order valence-corrected chi connectivity index (χ0v) is 12.3. The van der Waals surface area contributed by atoms with E-state index < -0.39 is 0 Å². The number of nitrogens with zero attached hydrogens (tertiary/aromatic N) is 1. The van der Waals surface area contributed by atoms with Gasteiger partial charge in [-0.2, -0.15) is 0 Å². The first-order valence-corrected chi connectivity index (χ1v) is 8.48. The normalized spacial score (nSPS) is 22.6. The first-order chi connectivity index (χ1) is 9.33. The predicted octanol–water partition coefficient (Wildman–Crippen LogP) is 3.05. The van der Waals surface area contributed by atoms with Crippen LogP contribution in [0.4, 0.5) is 0 Å². The van der Waals surface area contributed by atoms with Gasteiger partial charge in [0.25, 0.3) is 0 Å². The summed E-state index contributed by atoms with van der Waals surface area (Å²) in [5.41, 5.74) is 0. The van der Waals surface area contributed by atoms with Gasteiger partial charge in [0.05, 0.1) is 11.1 Å². The van der Waals surface area contributed by atoms with Gasteiger partial charge in [-0.05, 0) is 31.6 Å². The summed E-state index contributed by atoms with van der Waals surface area (Å²) in [5, 5.41) is 14.8. The topological polar surface area (TPSA) is 45.1 Å². The van der Waals surface area contributed by atoms with Crippen molar-refractivity contribution in [2.24, 2.45) is 5.92 Å². The van der Waals surface area contributed by atoms with Crippen molar-refractivity contribution in [1.29, 1.82) is 0 Å². The molecule has 2 aliphatic carbocycles. The Hall–Kier alpha value is -0.450. The van der Waals surface area contributed by atoms with Gasteiger partial charge in [-0.15, -0.1) is 11.3 Å². The summed E-state index contributed by atoms with van der Waals surface area (Å²) >= 11 is 1.85. The van der Waals surface area contributed by atoms with E-state index in [0.29, 0.717) is 5.92 Å². The highest BCUT2D eigenvalue weighted by atomic mass is 32.1. The van der Waals surface area contributed by atoms with E-state index in [1.54, 1.807) is 0 Å². The Morgan fingerprint density at radius 1 is 1.26 bits per heavy atom. The average molecular weight is 280 g/mol. The van der Waals surface area contributed by atoms with Crippen LogP contribution in [0.3, 0.4) is 0 Å². The van der Waals surface area contributed by atoms with Crippen molar-refractivity contribution in [2.45, 2.75) is 63.5 Å². The Bertz CT molecular complexity index is 397. The molecule has 106 valence electrons. The van der Waals surface area contributed by atoms with E-state index in [0.717, 1.165) is 19.0 Å². The zero-order valence-electron chi connectivity index (χ0n) is 11.5. The molecule has 2 aliphatic rings. The molecule has 0 saturated heterocycles. The number of aromatic nitrogens is 1. The molecule has 4 heteroatoms. The summed E-state index contributed by atoms with van der Waals surface area (Å²) in [6.07, 6.45) is 10.8. The molecule has 0 aromatic carbocycles. The number of aliphatic hydroxyl groups excluding tert-OH is 1. The minimum absolute atomic E-state index is 0.165. The third-order valence-corrected chi connectivity index (χ3v) is 5.78. The minimum atomic E-state index is -0.165. The summed E-state index contributed by atoms with van der Waals surface area (Å²) in [4.78, 5) is 5.84. The molecular weight excluding hydrogens is 256 g/mol. The van der Waals surface area contributed by atoms with Gasteiger partial charge in [-0.1, -0.05) is 19.3 Å². The largest absolute Gasteiger partial charge is 0.392 e. The van der Waals surface area contributed by atoms with Crippen molar-refractivity contribution >= 4 is 11.3 Å². The SMILES string of the molecule is OC(CNCc1cnc(C2CCC2)s1)C1CCCC1. The number of hydrogen-bond donors (Lipinski definition) is 2. The molecular formula is C15H24N2OS. The van der Waals surface area contributed by atoms with Crippen molar-refractivity contribution in [1.82, 2.24) is 10.3 Å². The van der Waals surface area contributed by atoms with E-state index in [2.05, 4.69) is 10.3 Å². The van der Waals surface area contributed by atoms with Crippen LogP contribution in [0.1, 0.15) is 60.7 Å². The number of rotatable bonds is 6. The van der Waals surface area contributed by atoms with Gasteiger partial charge in [-0.3, -0.25) is 0 Å². The summed E-state index contributed by atoms with van der Waals surface area (Å²) in [5.74, 6) is 1.27. The second-order valence-electron chi connectivity index (χ2n) is 6.04. The second-order valence-corrected chi connectivity index (χ2v) is 7.18. The lowest BCUT2D eigenvalue weighted by Crippen LogP contribution is -2.31. The molecule has 0 spiro atoms. The van der Waals surface area contributed by atoms with E-state index in [-0.39, 0.29) is 6.10 Å². The van der Waals surface area contributed by atoms with Crippen LogP contribution in [0.2, 0.25) is 0 Å². The van der Waals surface area contributed by atoms with E-state index in [1.165, 1.54) is 54.8 Å². The Balaban J connectivity index is 1.40. The van der Waals surface area contributed by atoms with Crippen LogP contribution in [-0.2, 0) is 6.54 Å². The average Bonchev–Trinajstić information content (AvgIpc) is 2.97. The quantitative estimate of drug-likeness (QED) is 0.842. The first kappa shape index (κ1) is 13.5. The maximum atomic E-state index is 10.1. The van der Waals surface area contributed by atoms with Crippen LogP contribution in [0.5, 0.6) is 0 Å². The molecule has 1 heterocycles. The summed E-state index contributed by atoms with van der Waals surface area (Å²) in [7, 11) is 0. The number of thiazole rings is 1. The molecule has 1 aromatic heterocycles. The van der Waals surface area contributed by atoms with E-state index in [1.807, 2.05) is 17.5 Å². The maximum Gasteiger partial charge on any atom is 0.0959 e. The fraction of sp³-hybridized carbons (Fsp3) is 0.800. The molecule has 0 amide bonds.